The topological polar surface area (TPSA) is 49.4 Å². The van der Waals surface area contributed by atoms with Crippen LogP contribution in [-0.4, -0.2) is 32.4 Å². The molecule has 21 heavy (non-hydrogen) atoms. The number of hydrogen-bond donors (Lipinski definition) is 1. The molecule has 7 heteroatoms. The van der Waals surface area contributed by atoms with Crippen LogP contribution in [-0.2, 0) is 16.6 Å². The summed E-state index contributed by atoms with van der Waals surface area (Å²) in [4.78, 5) is 1.44. The maximum absolute atomic E-state index is 12.8. The van der Waals surface area contributed by atoms with Gasteiger partial charge in [0.25, 0.3) is 0 Å². The van der Waals surface area contributed by atoms with Crippen molar-refractivity contribution in [1.82, 2.24) is 9.62 Å². The largest absolute Gasteiger partial charge is 0.312 e. The maximum atomic E-state index is 12.8. The van der Waals surface area contributed by atoms with Gasteiger partial charge in [0.15, 0.2) is 0 Å². The summed E-state index contributed by atoms with van der Waals surface area (Å²) in [7, 11) is -3.41. The summed E-state index contributed by atoms with van der Waals surface area (Å²) < 4.78 is 27.8. The van der Waals surface area contributed by atoms with Crippen molar-refractivity contribution >= 4 is 37.3 Å². The van der Waals surface area contributed by atoms with Crippen LogP contribution in [0.3, 0.4) is 0 Å². The van der Waals surface area contributed by atoms with Crippen molar-refractivity contribution in [3.63, 3.8) is 0 Å². The van der Waals surface area contributed by atoms with E-state index in [0.717, 1.165) is 29.8 Å². The van der Waals surface area contributed by atoms with E-state index in [1.807, 2.05) is 6.92 Å². The van der Waals surface area contributed by atoms with Crippen LogP contribution in [0.15, 0.2) is 26.4 Å². The molecule has 0 fully saturated rings. The van der Waals surface area contributed by atoms with Crippen LogP contribution in [0.5, 0.6) is 0 Å². The Morgan fingerprint density at radius 3 is 2.90 bits per heavy atom. The smallest absolute Gasteiger partial charge is 0.245 e. The Balaban J connectivity index is 2.18. The Bertz CT molecular complexity index is 623. The lowest BCUT2D eigenvalue weighted by molar-refractivity contribution is 0.428. The van der Waals surface area contributed by atoms with Gasteiger partial charge >= 0.3 is 0 Å². The quantitative estimate of drug-likeness (QED) is 0.596. The molecule has 0 bridgehead atoms. The molecule has 0 atom stereocenters. The lowest BCUT2D eigenvalue weighted by atomic mass is 10.2. The van der Waals surface area contributed by atoms with E-state index in [2.05, 4.69) is 34.2 Å². The van der Waals surface area contributed by atoms with Crippen LogP contribution in [0.2, 0.25) is 0 Å². The predicted octanol–water partition coefficient (Wildman–Crippen LogP) is 3.35. The molecule has 0 unspecified atom stereocenters. The Morgan fingerprint density at radius 2 is 2.24 bits per heavy atom. The number of thiophene rings is 1. The third-order valence-corrected chi connectivity index (χ3v) is 7.44. The van der Waals surface area contributed by atoms with Crippen LogP contribution in [0, 0.1) is 0 Å². The zero-order chi connectivity index (χ0) is 15.5. The summed E-state index contributed by atoms with van der Waals surface area (Å²) in [6.07, 6.45) is 3.96. The monoisotopic (exact) mass is 392 g/mol. The number of nitrogens with one attached hydrogen (secondary N) is 1. The fourth-order valence-electron chi connectivity index (χ4n) is 2.27. The lowest BCUT2D eigenvalue weighted by Gasteiger charge is -2.25. The van der Waals surface area contributed by atoms with Crippen molar-refractivity contribution < 1.29 is 8.42 Å². The van der Waals surface area contributed by atoms with E-state index in [9.17, 15) is 8.42 Å². The van der Waals surface area contributed by atoms with Crippen molar-refractivity contribution in [1.29, 1.82) is 0 Å². The fraction of sp³-hybridized carbons (Fsp3) is 0.571. The first kappa shape index (κ1) is 17.1. The van der Waals surface area contributed by atoms with Crippen molar-refractivity contribution in [3.8, 4) is 0 Å². The second-order valence-electron chi connectivity index (χ2n) is 5.21. The number of rotatable bonds is 6. The van der Waals surface area contributed by atoms with Crippen LogP contribution in [0.1, 0.15) is 31.6 Å². The van der Waals surface area contributed by atoms with E-state index in [1.165, 1.54) is 11.3 Å². The molecular formula is C14H21BrN2O2S2. The number of halogens is 1. The fourth-order valence-corrected chi connectivity index (χ4v) is 6.37. The van der Waals surface area contributed by atoms with Crippen LogP contribution >= 0.6 is 27.3 Å². The minimum atomic E-state index is -3.41. The van der Waals surface area contributed by atoms with E-state index in [1.54, 1.807) is 10.4 Å². The normalized spacial score (nSPS) is 17.0. The van der Waals surface area contributed by atoms with Crippen LogP contribution < -0.4 is 5.32 Å². The number of sulfonamides is 1. The highest BCUT2D eigenvalue weighted by atomic mass is 79.9. The van der Waals surface area contributed by atoms with E-state index in [4.69, 9.17) is 0 Å². The second-order valence-corrected chi connectivity index (χ2v) is 9.57. The Hall–Kier alpha value is -0.210. The van der Waals surface area contributed by atoms with Gasteiger partial charge in [0, 0.05) is 24.5 Å². The molecule has 0 radical (unpaired) electrons. The molecule has 0 spiro atoms. The average molecular weight is 393 g/mol. The molecular weight excluding hydrogens is 372 g/mol. The predicted molar refractivity (Wildman–Crippen MR) is 91.1 cm³/mol. The van der Waals surface area contributed by atoms with E-state index < -0.39 is 10.0 Å². The molecule has 1 aromatic rings. The summed E-state index contributed by atoms with van der Waals surface area (Å²) in [5.74, 6) is 0. The molecule has 0 saturated carbocycles. The Kier molecular flexibility index (Phi) is 6.02. The van der Waals surface area contributed by atoms with Gasteiger partial charge in [-0.2, -0.15) is 4.31 Å². The molecule has 1 N–H and O–H groups in total. The van der Waals surface area contributed by atoms with Gasteiger partial charge in [0.05, 0.1) is 3.79 Å². The molecule has 2 rings (SSSR count). The summed E-state index contributed by atoms with van der Waals surface area (Å²) in [5, 5.41) is 3.30. The molecule has 4 nitrogen and oxygen atoms in total. The van der Waals surface area contributed by atoms with E-state index in [0.29, 0.717) is 28.3 Å². The van der Waals surface area contributed by atoms with Gasteiger partial charge in [-0.15, -0.1) is 11.3 Å². The van der Waals surface area contributed by atoms with Gasteiger partial charge in [-0.1, -0.05) is 18.6 Å². The van der Waals surface area contributed by atoms with Crippen molar-refractivity contribution in [2.24, 2.45) is 0 Å². The van der Waals surface area contributed by atoms with Gasteiger partial charge in [-0.25, -0.2) is 8.42 Å². The summed E-state index contributed by atoms with van der Waals surface area (Å²) in [6.45, 7) is 6.79. The lowest BCUT2D eigenvalue weighted by Crippen LogP contribution is -2.35. The highest BCUT2D eigenvalue weighted by molar-refractivity contribution is 9.11. The third kappa shape index (κ3) is 4.16. The number of hydrogen-bond acceptors (Lipinski definition) is 4. The standard InChI is InChI=1S/C14H21BrN2O2S2/c1-3-6-16-9-12-8-13(14(15)20-12)21(18,19)17-7-4-5-11(2)10-17/h5,8,16H,3-4,6-7,9-10H2,1-2H3. The first-order chi connectivity index (χ1) is 9.95. The first-order valence-corrected chi connectivity index (χ1v) is 10.1. The molecule has 1 aromatic heterocycles. The summed E-state index contributed by atoms with van der Waals surface area (Å²) in [6, 6.07) is 1.79. The minimum absolute atomic E-state index is 0.399. The van der Waals surface area contributed by atoms with Gasteiger partial charge in [0.1, 0.15) is 4.90 Å². The third-order valence-electron chi connectivity index (χ3n) is 3.35. The van der Waals surface area contributed by atoms with Crippen LogP contribution in [0.25, 0.3) is 0 Å². The maximum Gasteiger partial charge on any atom is 0.245 e. The van der Waals surface area contributed by atoms with Crippen molar-refractivity contribution in [2.75, 3.05) is 19.6 Å². The molecule has 2 heterocycles. The van der Waals surface area contributed by atoms with E-state index in [-0.39, 0.29) is 0 Å². The highest BCUT2D eigenvalue weighted by Gasteiger charge is 2.29. The molecule has 0 aromatic carbocycles. The molecule has 1 aliphatic rings. The zero-order valence-corrected chi connectivity index (χ0v) is 15.6. The summed E-state index contributed by atoms with van der Waals surface area (Å²) >= 11 is 4.90. The van der Waals surface area contributed by atoms with E-state index >= 15 is 0 Å². The number of nitrogens with zero attached hydrogens (tertiary/aromatic N) is 1. The SMILES string of the molecule is CCCNCc1cc(S(=O)(=O)N2CCC=C(C)C2)c(Br)s1. The zero-order valence-electron chi connectivity index (χ0n) is 12.4. The Morgan fingerprint density at radius 1 is 1.48 bits per heavy atom. The van der Waals surface area contributed by atoms with Gasteiger partial charge < -0.3 is 5.32 Å². The summed E-state index contributed by atoms with van der Waals surface area (Å²) in [5.41, 5.74) is 1.11. The first-order valence-electron chi connectivity index (χ1n) is 7.10. The highest BCUT2D eigenvalue weighted by Crippen LogP contribution is 2.34. The Labute approximate surface area is 139 Å². The van der Waals surface area contributed by atoms with Gasteiger partial charge in [-0.05, 0) is 48.3 Å². The molecule has 0 aliphatic carbocycles. The molecule has 1 aliphatic heterocycles. The van der Waals surface area contributed by atoms with Crippen molar-refractivity contribution in [3.05, 3.63) is 26.4 Å². The molecule has 0 saturated heterocycles. The second kappa shape index (κ2) is 7.37. The molecule has 118 valence electrons. The van der Waals surface area contributed by atoms with Gasteiger partial charge in [-0.3, -0.25) is 0 Å². The molecule has 0 amide bonds. The minimum Gasteiger partial charge on any atom is -0.312 e. The van der Waals surface area contributed by atoms with Crippen molar-refractivity contribution in [2.45, 2.75) is 38.1 Å². The average Bonchev–Trinajstić information content (AvgIpc) is 2.81. The van der Waals surface area contributed by atoms with Crippen LogP contribution in [0.4, 0.5) is 0 Å². The van der Waals surface area contributed by atoms with Gasteiger partial charge in [0.2, 0.25) is 10.0 Å².